The van der Waals surface area contributed by atoms with Gasteiger partial charge in [-0.25, -0.2) is 8.42 Å². The van der Waals surface area contributed by atoms with Crippen LogP contribution in [0.5, 0.6) is 0 Å². The quantitative estimate of drug-likeness (QED) is 0.770. The number of esters is 1. The van der Waals surface area contributed by atoms with Crippen molar-refractivity contribution in [1.29, 1.82) is 5.26 Å². The van der Waals surface area contributed by atoms with Crippen LogP contribution in [0.15, 0.2) is 53.4 Å². The second-order valence-electron chi connectivity index (χ2n) is 7.04. The van der Waals surface area contributed by atoms with Crippen molar-refractivity contribution in [3.05, 3.63) is 65.2 Å². The molecule has 0 bridgehead atoms. The van der Waals surface area contributed by atoms with E-state index < -0.39 is 22.5 Å². The molecule has 0 spiro atoms. The number of benzene rings is 2. The Morgan fingerprint density at radius 1 is 1.11 bits per heavy atom. The van der Waals surface area contributed by atoms with Crippen molar-refractivity contribution < 1.29 is 17.9 Å². The highest BCUT2D eigenvalue weighted by Gasteiger charge is 2.19. The van der Waals surface area contributed by atoms with E-state index in [0.29, 0.717) is 0 Å². The van der Waals surface area contributed by atoms with Crippen molar-refractivity contribution in [2.45, 2.75) is 37.7 Å². The number of carbonyl (C=O) groups excluding carboxylic acids is 1. The minimum atomic E-state index is -3.98. The summed E-state index contributed by atoms with van der Waals surface area (Å²) in [4.78, 5) is 11.7. The third-order valence-electron chi connectivity index (χ3n) is 3.92. The third-order valence-corrected chi connectivity index (χ3v) is 5.38. The van der Waals surface area contributed by atoms with Crippen LogP contribution in [-0.2, 0) is 31.6 Å². The normalized spacial score (nSPS) is 11.6. The molecule has 0 atom stereocenters. The van der Waals surface area contributed by atoms with Gasteiger partial charge in [-0.3, -0.25) is 4.79 Å². The molecular formula is C20H22N2O4S. The number of carbonyl (C=O) groups is 1. The molecule has 7 heteroatoms. The van der Waals surface area contributed by atoms with E-state index in [4.69, 9.17) is 10.00 Å². The maximum atomic E-state index is 12.3. The van der Waals surface area contributed by atoms with Crippen molar-refractivity contribution >= 4 is 16.0 Å². The fourth-order valence-electron chi connectivity index (χ4n) is 2.34. The minimum Gasteiger partial charge on any atom is -0.460 e. The van der Waals surface area contributed by atoms with E-state index in [2.05, 4.69) is 25.5 Å². The predicted octanol–water partition coefficient (Wildman–Crippen LogP) is 2.88. The Kier molecular flexibility index (Phi) is 6.37. The van der Waals surface area contributed by atoms with Crippen LogP contribution in [-0.4, -0.2) is 20.9 Å². The first-order chi connectivity index (χ1) is 12.6. The molecule has 2 rings (SSSR count). The Morgan fingerprint density at radius 2 is 1.74 bits per heavy atom. The number of nitriles is 1. The number of nitrogens with one attached hydrogen (secondary N) is 1. The van der Waals surface area contributed by atoms with Gasteiger partial charge < -0.3 is 4.74 Å². The average Bonchev–Trinajstić information content (AvgIpc) is 2.64. The summed E-state index contributed by atoms with van der Waals surface area (Å²) in [5.74, 6) is -0.701. The number of ether oxygens (including phenoxy) is 1. The Labute approximate surface area is 159 Å². The first-order valence-corrected chi connectivity index (χ1v) is 9.85. The van der Waals surface area contributed by atoms with E-state index in [-0.39, 0.29) is 22.5 Å². The molecule has 0 radical (unpaired) electrons. The van der Waals surface area contributed by atoms with Gasteiger partial charge in [-0.2, -0.15) is 9.98 Å². The SMILES string of the molecule is CC(C)(C)c1ccc(COC(=O)CNS(=O)(=O)c2ccccc2C#N)cc1. The zero-order chi connectivity index (χ0) is 20.1. The lowest BCUT2D eigenvalue weighted by molar-refractivity contribution is -0.143. The van der Waals surface area contributed by atoms with Gasteiger partial charge in [0.2, 0.25) is 10.0 Å². The molecule has 0 aliphatic heterocycles. The Balaban J connectivity index is 1.92. The fourth-order valence-corrected chi connectivity index (χ4v) is 3.47. The topological polar surface area (TPSA) is 96.3 Å². The second-order valence-corrected chi connectivity index (χ2v) is 8.78. The van der Waals surface area contributed by atoms with E-state index in [1.807, 2.05) is 30.3 Å². The van der Waals surface area contributed by atoms with Crippen LogP contribution in [0.2, 0.25) is 0 Å². The molecule has 0 heterocycles. The number of sulfonamides is 1. The molecule has 0 amide bonds. The highest BCUT2D eigenvalue weighted by Crippen LogP contribution is 2.22. The van der Waals surface area contributed by atoms with Crippen LogP contribution in [0.4, 0.5) is 0 Å². The van der Waals surface area contributed by atoms with Gasteiger partial charge >= 0.3 is 5.97 Å². The molecule has 6 nitrogen and oxygen atoms in total. The zero-order valence-electron chi connectivity index (χ0n) is 15.5. The Bertz CT molecular complexity index is 953. The van der Waals surface area contributed by atoms with Crippen molar-refractivity contribution in [3.8, 4) is 6.07 Å². The van der Waals surface area contributed by atoms with Gasteiger partial charge in [0.15, 0.2) is 0 Å². The molecule has 0 unspecified atom stereocenters. The van der Waals surface area contributed by atoms with E-state index in [1.54, 1.807) is 6.07 Å². The molecule has 1 N–H and O–H groups in total. The standard InChI is InChI=1S/C20H22N2O4S/c1-20(2,3)17-10-8-15(9-11-17)14-26-19(23)13-22-27(24,25)18-7-5-4-6-16(18)12-21/h4-11,22H,13-14H2,1-3H3. The van der Waals surface area contributed by atoms with Gasteiger partial charge in [0, 0.05) is 0 Å². The van der Waals surface area contributed by atoms with Crippen LogP contribution in [0.25, 0.3) is 0 Å². The first-order valence-electron chi connectivity index (χ1n) is 8.37. The average molecular weight is 386 g/mol. The Morgan fingerprint density at radius 3 is 2.33 bits per heavy atom. The van der Waals surface area contributed by atoms with Crippen LogP contribution in [0.3, 0.4) is 0 Å². The number of hydrogen-bond acceptors (Lipinski definition) is 5. The van der Waals surface area contributed by atoms with Crippen LogP contribution >= 0.6 is 0 Å². The van der Waals surface area contributed by atoms with Crippen LogP contribution in [0, 0.1) is 11.3 Å². The largest absolute Gasteiger partial charge is 0.460 e. The van der Waals surface area contributed by atoms with Crippen molar-refractivity contribution in [3.63, 3.8) is 0 Å². The van der Waals surface area contributed by atoms with E-state index >= 15 is 0 Å². The van der Waals surface area contributed by atoms with Gasteiger partial charge in [0.1, 0.15) is 19.2 Å². The lowest BCUT2D eigenvalue weighted by Crippen LogP contribution is -2.31. The monoisotopic (exact) mass is 386 g/mol. The fraction of sp³-hybridized carbons (Fsp3) is 0.300. The lowest BCUT2D eigenvalue weighted by Gasteiger charge is -2.19. The second kappa shape index (κ2) is 8.33. The van der Waals surface area contributed by atoms with Gasteiger partial charge in [-0.15, -0.1) is 0 Å². The third kappa shape index (κ3) is 5.64. The maximum absolute atomic E-state index is 12.3. The van der Waals surface area contributed by atoms with E-state index in [9.17, 15) is 13.2 Å². The highest BCUT2D eigenvalue weighted by molar-refractivity contribution is 7.89. The van der Waals surface area contributed by atoms with Gasteiger partial charge in [-0.05, 0) is 28.7 Å². The van der Waals surface area contributed by atoms with Crippen LogP contribution < -0.4 is 4.72 Å². The summed E-state index contributed by atoms with van der Waals surface area (Å²) in [6, 6.07) is 15.3. The van der Waals surface area contributed by atoms with Gasteiger partial charge in [-0.1, -0.05) is 57.2 Å². The summed E-state index contributed by atoms with van der Waals surface area (Å²) < 4.78 is 31.8. The van der Waals surface area contributed by atoms with Crippen LogP contribution in [0.1, 0.15) is 37.5 Å². The molecule has 0 saturated heterocycles. The molecule has 142 valence electrons. The summed E-state index contributed by atoms with van der Waals surface area (Å²) in [6.45, 7) is 5.87. The number of nitrogens with zero attached hydrogens (tertiary/aromatic N) is 1. The predicted molar refractivity (Wildman–Crippen MR) is 101 cm³/mol. The van der Waals surface area contributed by atoms with Crippen molar-refractivity contribution in [2.75, 3.05) is 6.54 Å². The summed E-state index contributed by atoms with van der Waals surface area (Å²) in [5, 5.41) is 9.01. The number of rotatable bonds is 6. The first kappa shape index (κ1) is 20.6. The van der Waals surface area contributed by atoms with E-state index in [1.165, 1.54) is 23.8 Å². The molecule has 0 fully saturated rings. The molecule has 27 heavy (non-hydrogen) atoms. The van der Waals surface area contributed by atoms with E-state index in [0.717, 1.165) is 5.56 Å². The molecule has 0 aliphatic rings. The summed E-state index contributed by atoms with van der Waals surface area (Å²) in [5.41, 5.74) is 2.03. The molecule has 0 aliphatic carbocycles. The maximum Gasteiger partial charge on any atom is 0.321 e. The molecule has 2 aromatic rings. The summed E-state index contributed by atoms with van der Waals surface area (Å²) >= 11 is 0. The highest BCUT2D eigenvalue weighted by atomic mass is 32.2. The molecule has 2 aromatic carbocycles. The summed E-state index contributed by atoms with van der Waals surface area (Å²) in [6.07, 6.45) is 0. The molecular weight excluding hydrogens is 364 g/mol. The summed E-state index contributed by atoms with van der Waals surface area (Å²) in [7, 11) is -3.98. The molecule has 0 saturated carbocycles. The minimum absolute atomic E-state index is 0.0114. The molecule has 0 aromatic heterocycles. The van der Waals surface area contributed by atoms with Gasteiger partial charge in [0.25, 0.3) is 0 Å². The lowest BCUT2D eigenvalue weighted by atomic mass is 9.87. The zero-order valence-corrected chi connectivity index (χ0v) is 16.3. The smallest absolute Gasteiger partial charge is 0.321 e. The van der Waals surface area contributed by atoms with Gasteiger partial charge in [0.05, 0.1) is 10.5 Å². The van der Waals surface area contributed by atoms with Crippen molar-refractivity contribution in [1.82, 2.24) is 4.72 Å². The Hall–Kier alpha value is -2.69. The number of hydrogen-bond donors (Lipinski definition) is 1. The van der Waals surface area contributed by atoms with Crippen molar-refractivity contribution in [2.24, 2.45) is 0 Å².